The number of thioether (sulfide) groups is 1. The highest BCUT2D eigenvalue weighted by Crippen LogP contribution is 2.31. The molecule has 1 amide bonds. The number of rotatable bonds is 10. The molecule has 1 aliphatic rings. The topological polar surface area (TPSA) is 72.3 Å². The zero-order valence-electron chi connectivity index (χ0n) is 19.9. The average Bonchev–Trinajstić information content (AvgIpc) is 3.29. The lowest BCUT2D eigenvalue weighted by Crippen LogP contribution is -2.45. The molecule has 2 aromatic carbocycles. The van der Waals surface area contributed by atoms with E-state index in [0.717, 1.165) is 61.2 Å². The Kier molecular flexibility index (Phi) is 8.60. The number of aryl methyl sites for hydroxylation is 1. The average molecular weight is 480 g/mol. The second-order valence-electron chi connectivity index (χ2n) is 8.46. The van der Waals surface area contributed by atoms with E-state index in [2.05, 4.69) is 44.0 Å². The third-order valence-corrected chi connectivity index (χ3v) is 7.23. The van der Waals surface area contributed by atoms with Gasteiger partial charge in [0.2, 0.25) is 5.91 Å². The van der Waals surface area contributed by atoms with Crippen LogP contribution in [-0.2, 0) is 17.8 Å². The second-order valence-corrected chi connectivity index (χ2v) is 9.40. The van der Waals surface area contributed by atoms with Crippen LogP contribution in [0.25, 0.3) is 11.4 Å². The number of hydrogen-bond acceptors (Lipinski definition) is 6. The second kappa shape index (κ2) is 12.0. The summed E-state index contributed by atoms with van der Waals surface area (Å²) in [7, 11) is 1.66. The largest absolute Gasteiger partial charge is 0.496 e. The van der Waals surface area contributed by atoms with Crippen molar-refractivity contribution in [3.8, 4) is 17.1 Å². The van der Waals surface area contributed by atoms with Gasteiger partial charge in [0.1, 0.15) is 5.75 Å². The van der Waals surface area contributed by atoms with E-state index in [1.807, 2.05) is 42.5 Å². The highest BCUT2D eigenvalue weighted by atomic mass is 32.2. The summed E-state index contributed by atoms with van der Waals surface area (Å²) in [5, 5.41) is 12.9. The number of ether oxygens (including phenoxy) is 1. The van der Waals surface area contributed by atoms with Crippen LogP contribution in [0.1, 0.15) is 25.3 Å². The number of aromatic nitrogens is 3. The van der Waals surface area contributed by atoms with Crippen LogP contribution >= 0.6 is 11.8 Å². The van der Waals surface area contributed by atoms with Gasteiger partial charge in [0.25, 0.3) is 0 Å². The number of piperidine rings is 1. The van der Waals surface area contributed by atoms with Crippen molar-refractivity contribution in [1.29, 1.82) is 0 Å². The van der Waals surface area contributed by atoms with Gasteiger partial charge in [-0.1, -0.05) is 61.2 Å². The Morgan fingerprint density at radius 1 is 1.09 bits per heavy atom. The van der Waals surface area contributed by atoms with Gasteiger partial charge in [-0.25, -0.2) is 0 Å². The number of methoxy groups -OCH3 is 1. The normalized spacial score (nSPS) is 14.8. The maximum Gasteiger partial charge on any atom is 0.230 e. The number of benzene rings is 2. The number of amides is 1. The van der Waals surface area contributed by atoms with Gasteiger partial charge < -0.3 is 19.5 Å². The first-order valence-electron chi connectivity index (χ1n) is 11.9. The molecule has 0 atom stereocenters. The molecule has 0 bridgehead atoms. The standard InChI is InChI=1S/C26H33N5O2S/c1-3-30-16-14-21(15-17-30)27-24(32)19-34-26-29-28-25(22-11-7-8-12-23(22)33-2)31(26)18-13-20-9-5-4-6-10-20/h4-12,21H,3,13-19H2,1-2H3,(H,27,32). The number of carbonyl (C=O) groups is 1. The molecule has 0 saturated carbocycles. The number of nitrogens with one attached hydrogen (secondary N) is 1. The molecule has 34 heavy (non-hydrogen) atoms. The summed E-state index contributed by atoms with van der Waals surface area (Å²) < 4.78 is 7.67. The van der Waals surface area contributed by atoms with Gasteiger partial charge in [0.15, 0.2) is 11.0 Å². The number of carbonyl (C=O) groups excluding carboxylic acids is 1. The smallest absolute Gasteiger partial charge is 0.230 e. The summed E-state index contributed by atoms with van der Waals surface area (Å²) in [5.74, 6) is 1.88. The third-order valence-electron chi connectivity index (χ3n) is 6.26. The Hall–Kier alpha value is -2.84. The molecular weight excluding hydrogens is 446 g/mol. The van der Waals surface area contributed by atoms with Crippen molar-refractivity contribution in [3.05, 3.63) is 60.2 Å². The molecule has 7 nitrogen and oxygen atoms in total. The van der Waals surface area contributed by atoms with E-state index < -0.39 is 0 Å². The van der Waals surface area contributed by atoms with Crippen LogP contribution in [0.5, 0.6) is 5.75 Å². The molecule has 180 valence electrons. The highest BCUT2D eigenvalue weighted by molar-refractivity contribution is 7.99. The lowest BCUT2D eigenvalue weighted by atomic mass is 10.1. The SMILES string of the molecule is CCN1CCC(NC(=O)CSc2nnc(-c3ccccc3OC)n2CCc2ccccc2)CC1. The molecule has 1 aliphatic heterocycles. The Balaban J connectivity index is 1.46. The molecule has 0 spiro atoms. The Labute approximate surface area is 205 Å². The minimum Gasteiger partial charge on any atom is -0.496 e. The fraction of sp³-hybridized carbons (Fsp3) is 0.423. The first-order chi connectivity index (χ1) is 16.7. The van der Waals surface area contributed by atoms with E-state index in [9.17, 15) is 4.79 Å². The Morgan fingerprint density at radius 2 is 1.82 bits per heavy atom. The van der Waals surface area contributed by atoms with Gasteiger partial charge in [-0.3, -0.25) is 4.79 Å². The molecule has 3 aromatic rings. The third kappa shape index (κ3) is 6.18. The Bertz CT molecular complexity index is 1060. The highest BCUT2D eigenvalue weighted by Gasteiger charge is 2.21. The molecule has 0 radical (unpaired) electrons. The van der Waals surface area contributed by atoms with Crippen molar-refractivity contribution < 1.29 is 9.53 Å². The molecule has 2 heterocycles. The van der Waals surface area contributed by atoms with Crippen molar-refractivity contribution in [3.63, 3.8) is 0 Å². The summed E-state index contributed by atoms with van der Waals surface area (Å²) in [4.78, 5) is 15.1. The molecule has 4 rings (SSSR count). The quantitative estimate of drug-likeness (QED) is 0.445. The lowest BCUT2D eigenvalue weighted by molar-refractivity contribution is -0.119. The fourth-order valence-corrected chi connectivity index (χ4v) is 5.08. The molecule has 8 heteroatoms. The number of nitrogens with zero attached hydrogens (tertiary/aromatic N) is 4. The predicted molar refractivity (Wildman–Crippen MR) is 136 cm³/mol. The zero-order chi connectivity index (χ0) is 23.8. The number of hydrogen-bond donors (Lipinski definition) is 1. The first-order valence-corrected chi connectivity index (χ1v) is 12.9. The maximum absolute atomic E-state index is 12.7. The van der Waals surface area contributed by atoms with Gasteiger partial charge in [-0.05, 0) is 43.5 Å². The van der Waals surface area contributed by atoms with Crippen LogP contribution in [0, 0.1) is 0 Å². The van der Waals surface area contributed by atoms with Crippen molar-refractivity contribution in [2.45, 2.75) is 43.9 Å². The summed E-state index contributed by atoms with van der Waals surface area (Å²) in [6, 6.07) is 18.5. The molecule has 1 fully saturated rings. The van der Waals surface area contributed by atoms with Crippen molar-refractivity contribution in [2.24, 2.45) is 0 Å². The van der Waals surface area contributed by atoms with E-state index in [1.165, 1.54) is 17.3 Å². The van der Waals surface area contributed by atoms with E-state index in [-0.39, 0.29) is 11.9 Å². The van der Waals surface area contributed by atoms with Crippen molar-refractivity contribution >= 4 is 17.7 Å². The van der Waals surface area contributed by atoms with Crippen LogP contribution in [0.3, 0.4) is 0 Å². The monoisotopic (exact) mass is 479 g/mol. The first kappa shape index (κ1) is 24.3. The summed E-state index contributed by atoms with van der Waals surface area (Å²) in [5.41, 5.74) is 2.14. The van der Waals surface area contributed by atoms with E-state index in [4.69, 9.17) is 4.74 Å². The summed E-state index contributed by atoms with van der Waals surface area (Å²) in [6.07, 6.45) is 2.86. The van der Waals surface area contributed by atoms with Gasteiger partial charge in [-0.2, -0.15) is 0 Å². The minimum absolute atomic E-state index is 0.0522. The van der Waals surface area contributed by atoms with Gasteiger partial charge in [-0.15, -0.1) is 10.2 Å². The van der Waals surface area contributed by atoms with E-state index in [1.54, 1.807) is 7.11 Å². The van der Waals surface area contributed by atoms with Gasteiger partial charge in [0.05, 0.1) is 18.4 Å². The van der Waals surface area contributed by atoms with Crippen molar-refractivity contribution in [1.82, 2.24) is 25.0 Å². The predicted octanol–water partition coefficient (Wildman–Crippen LogP) is 3.89. The van der Waals surface area contributed by atoms with Crippen LogP contribution in [0.15, 0.2) is 59.8 Å². The van der Waals surface area contributed by atoms with Crippen molar-refractivity contribution in [2.75, 3.05) is 32.5 Å². The molecule has 0 aliphatic carbocycles. The van der Waals surface area contributed by atoms with Crippen LogP contribution < -0.4 is 10.1 Å². The maximum atomic E-state index is 12.7. The zero-order valence-corrected chi connectivity index (χ0v) is 20.8. The number of likely N-dealkylation sites (tertiary alicyclic amines) is 1. The molecular formula is C26H33N5O2S. The molecule has 1 N–H and O–H groups in total. The van der Waals surface area contributed by atoms with E-state index in [0.29, 0.717) is 12.3 Å². The summed E-state index contributed by atoms with van der Waals surface area (Å²) >= 11 is 1.44. The van der Waals surface area contributed by atoms with Gasteiger partial charge in [0, 0.05) is 25.7 Å². The Morgan fingerprint density at radius 3 is 2.56 bits per heavy atom. The van der Waals surface area contributed by atoms with Gasteiger partial charge >= 0.3 is 0 Å². The van der Waals surface area contributed by atoms with Crippen LogP contribution in [0.4, 0.5) is 0 Å². The van der Waals surface area contributed by atoms with Crippen LogP contribution in [-0.4, -0.2) is 64.1 Å². The van der Waals surface area contributed by atoms with E-state index >= 15 is 0 Å². The van der Waals surface area contributed by atoms with Crippen LogP contribution in [0.2, 0.25) is 0 Å². The molecule has 1 aromatic heterocycles. The summed E-state index contributed by atoms with van der Waals surface area (Å²) in [6.45, 7) is 6.06. The minimum atomic E-state index is 0.0522. The fourth-order valence-electron chi connectivity index (χ4n) is 4.30. The molecule has 0 unspecified atom stereocenters. The molecule has 1 saturated heterocycles. The number of para-hydroxylation sites is 1. The lowest BCUT2D eigenvalue weighted by Gasteiger charge is -2.31.